The zero-order valence-corrected chi connectivity index (χ0v) is 12.6. The number of rotatable bonds is 7. The number of hydrogen-bond donors (Lipinski definition) is 2. The maximum absolute atomic E-state index is 9.62. The van der Waals surface area contributed by atoms with Crippen LogP contribution in [0, 0.1) is 0 Å². The van der Waals surface area contributed by atoms with Gasteiger partial charge in [0.05, 0.1) is 17.5 Å². The summed E-state index contributed by atoms with van der Waals surface area (Å²) in [7, 11) is 0. The average Bonchev–Trinajstić information content (AvgIpc) is 2.48. The van der Waals surface area contributed by atoms with Gasteiger partial charge in [-0.1, -0.05) is 38.3 Å². The minimum absolute atomic E-state index is 0.111. The van der Waals surface area contributed by atoms with Crippen LogP contribution in [0.4, 0.5) is 11.4 Å². The lowest BCUT2D eigenvalue weighted by Crippen LogP contribution is -2.36. The lowest BCUT2D eigenvalue weighted by molar-refractivity contribution is 0.145. The Bertz CT molecular complexity index is 386. The molecule has 0 amide bonds. The summed E-state index contributed by atoms with van der Waals surface area (Å²) in [6.07, 6.45) is 6.80. The SMILES string of the molecule is CCCCCCNc1ccccc1N1CCC(O)CC1. The summed E-state index contributed by atoms with van der Waals surface area (Å²) in [6, 6.07) is 8.55. The number of unbranched alkanes of at least 4 members (excludes halogenated alkanes) is 3. The van der Waals surface area contributed by atoms with Crippen molar-refractivity contribution >= 4 is 11.4 Å². The second-order valence-corrected chi connectivity index (χ2v) is 5.72. The van der Waals surface area contributed by atoms with Gasteiger partial charge in [0.1, 0.15) is 0 Å². The van der Waals surface area contributed by atoms with E-state index in [-0.39, 0.29) is 6.10 Å². The highest BCUT2D eigenvalue weighted by Crippen LogP contribution is 2.28. The third-order valence-electron chi connectivity index (χ3n) is 4.05. The van der Waals surface area contributed by atoms with E-state index in [1.165, 1.54) is 37.1 Å². The molecular weight excluding hydrogens is 248 g/mol. The van der Waals surface area contributed by atoms with E-state index in [4.69, 9.17) is 0 Å². The quantitative estimate of drug-likeness (QED) is 0.746. The molecule has 3 heteroatoms. The molecule has 20 heavy (non-hydrogen) atoms. The van der Waals surface area contributed by atoms with Crippen LogP contribution in [0.3, 0.4) is 0 Å². The van der Waals surface area contributed by atoms with Crippen LogP contribution in [0.15, 0.2) is 24.3 Å². The molecule has 112 valence electrons. The Labute approximate surface area is 123 Å². The van der Waals surface area contributed by atoms with E-state index in [2.05, 4.69) is 41.4 Å². The van der Waals surface area contributed by atoms with Crippen molar-refractivity contribution in [3.63, 3.8) is 0 Å². The summed E-state index contributed by atoms with van der Waals surface area (Å²) in [4.78, 5) is 2.39. The Morgan fingerprint density at radius 3 is 2.65 bits per heavy atom. The van der Waals surface area contributed by atoms with Crippen molar-refractivity contribution in [1.29, 1.82) is 0 Å². The van der Waals surface area contributed by atoms with Gasteiger partial charge < -0.3 is 15.3 Å². The Hall–Kier alpha value is -1.22. The molecule has 1 fully saturated rings. The molecule has 1 aromatic rings. The van der Waals surface area contributed by atoms with Crippen molar-refractivity contribution in [2.24, 2.45) is 0 Å². The summed E-state index contributed by atoms with van der Waals surface area (Å²) in [6.45, 7) is 5.20. The first kappa shape index (κ1) is 15.2. The van der Waals surface area contributed by atoms with Crippen LogP contribution in [0.5, 0.6) is 0 Å². The van der Waals surface area contributed by atoms with E-state index < -0.39 is 0 Å². The molecule has 1 aliphatic rings. The number of nitrogens with zero attached hydrogens (tertiary/aromatic N) is 1. The molecule has 1 heterocycles. The molecule has 1 saturated heterocycles. The fraction of sp³-hybridized carbons (Fsp3) is 0.647. The maximum atomic E-state index is 9.62. The minimum Gasteiger partial charge on any atom is -0.393 e. The van der Waals surface area contributed by atoms with E-state index in [1.807, 2.05) is 0 Å². The molecule has 0 unspecified atom stereocenters. The molecule has 0 saturated carbocycles. The number of para-hydroxylation sites is 2. The van der Waals surface area contributed by atoms with Gasteiger partial charge in [0, 0.05) is 19.6 Å². The summed E-state index contributed by atoms with van der Waals surface area (Å²) >= 11 is 0. The fourth-order valence-electron chi connectivity index (χ4n) is 2.78. The van der Waals surface area contributed by atoms with Gasteiger partial charge in [-0.15, -0.1) is 0 Å². The molecule has 3 nitrogen and oxygen atoms in total. The standard InChI is InChI=1S/C17H28N2O/c1-2-3-4-7-12-18-16-8-5-6-9-17(16)19-13-10-15(20)11-14-19/h5-6,8-9,15,18,20H,2-4,7,10-14H2,1H3. The van der Waals surface area contributed by atoms with Crippen molar-refractivity contribution in [2.45, 2.75) is 51.6 Å². The van der Waals surface area contributed by atoms with Gasteiger partial charge in [0.2, 0.25) is 0 Å². The van der Waals surface area contributed by atoms with Crippen molar-refractivity contribution in [2.75, 3.05) is 29.9 Å². The van der Waals surface area contributed by atoms with Crippen LogP contribution in [-0.4, -0.2) is 30.8 Å². The highest BCUT2D eigenvalue weighted by molar-refractivity contribution is 5.70. The molecule has 0 aromatic heterocycles. The Morgan fingerprint density at radius 2 is 1.90 bits per heavy atom. The third kappa shape index (κ3) is 4.41. The number of aliphatic hydroxyl groups excluding tert-OH is 1. The molecule has 2 N–H and O–H groups in total. The zero-order chi connectivity index (χ0) is 14.2. The van der Waals surface area contributed by atoms with Crippen molar-refractivity contribution < 1.29 is 5.11 Å². The predicted molar refractivity (Wildman–Crippen MR) is 86.5 cm³/mol. The van der Waals surface area contributed by atoms with Crippen LogP contribution in [-0.2, 0) is 0 Å². The van der Waals surface area contributed by atoms with Gasteiger partial charge in [-0.3, -0.25) is 0 Å². The number of hydrogen-bond acceptors (Lipinski definition) is 3. The molecule has 1 aliphatic heterocycles. The fourth-order valence-corrected chi connectivity index (χ4v) is 2.78. The largest absolute Gasteiger partial charge is 0.393 e. The van der Waals surface area contributed by atoms with Crippen LogP contribution in [0.2, 0.25) is 0 Å². The average molecular weight is 276 g/mol. The lowest BCUT2D eigenvalue weighted by atomic mass is 10.1. The van der Waals surface area contributed by atoms with Crippen molar-refractivity contribution in [3.8, 4) is 0 Å². The van der Waals surface area contributed by atoms with Crippen molar-refractivity contribution in [3.05, 3.63) is 24.3 Å². The lowest BCUT2D eigenvalue weighted by Gasteiger charge is -2.33. The topological polar surface area (TPSA) is 35.5 Å². The summed E-state index contributed by atoms with van der Waals surface area (Å²) in [5.74, 6) is 0. The molecule has 0 bridgehead atoms. The first-order valence-electron chi connectivity index (χ1n) is 8.07. The molecular formula is C17H28N2O. The molecule has 1 aromatic carbocycles. The second-order valence-electron chi connectivity index (χ2n) is 5.72. The van der Waals surface area contributed by atoms with E-state index >= 15 is 0 Å². The highest BCUT2D eigenvalue weighted by atomic mass is 16.3. The van der Waals surface area contributed by atoms with Gasteiger partial charge in [0.25, 0.3) is 0 Å². The van der Waals surface area contributed by atoms with Crippen LogP contribution >= 0.6 is 0 Å². The molecule has 2 rings (SSSR count). The number of benzene rings is 1. The van der Waals surface area contributed by atoms with Gasteiger partial charge in [-0.2, -0.15) is 0 Å². The van der Waals surface area contributed by atoms with Gasteiger partial charge >= 0.3 is 0 Å². The number of piperidine rings is 1. The van der Waals surface area contributed by atoms with Crippen LogP contribution in [0.1, 0.15) is 45.4 Å². The number of nitrogens with one attached hydrogen (secondary N) is 1. The summed E-state index contributed by atoms with van der Waals surface area (Å²) in [5, 5.41) is 13.2. The minimum atomic E-state index is -0.111. The summed E-state index contributed by atoms with van der Waals surface area (Å²) in [5.41, 5.74) is 2.52. The second kappa shape index (κ2) is 8.15. The summed E-state index contributed by atoms with van der Waals surface area (Å²) < 4.78 is 0. The molecule has 0 atom stereocenters. The maximum Gasteiger partial charge on any atom is 0.0602 e. The van der Waals surface area contributed by atoms with Gasteiger partial charge in [-0.25, -0.2) is 0 Å². The third-order valence-corrected chi connectivity index (χ3v) is 4.05. The molecule has 0 aliphatic carbocycles. The Balaban J connectivity index is 1.89. The predicted octanol–water partition coefficient (Wildman–Crippen LogP) is 3.64. The Kier molecular flexibility index (Phi) is 6.19. The molecule has 0 radical (unpaired) electrons. The molecule has 0 spiro atoms. The number of aliphatic hydroxyl groups is 1. The van der Waals surface area contributed by atoms with E-state index in [0.29, 0.717) is 0 Å². The van der Waals surface area contributed by atoms with Crippen LogP contribution < -0.4 is 10.2 Å². The Morgan fingerprint density at radius 1 is 1.15 bits per heavy atom. The van der Waals surface area contributed by atoms with E-state index in [1.54, 1.807) is 0 Å². The highest BCUT2D eigenvalue weighted by Gasteiger charge is 2.18. The van der Waals surface area contributed by atoms with E-state index in [0.717, 1.165) is 32.5 Å². The first-order chi connectivity index (χ1) is 9.81. The van der Waals surface area contributed by atoms with E-state index in [9.17, 15) is 5.11 Å². The number of anilines is 2. The van der Waals surface area contributed by atoms with Gasteiger partial charge in [-0.05, 0) is 31.4 Å². The monoisotopic (exact) mass is 276 g/mol. The van der Waals surface area contributed by atoms with Crippen LogP contribution in [0.25, 0.3) is 0 Å². The first-order valence-corrected chi connectivity index (χ1v) is 8.07. The normalized spacial score (nSPS) is 16.4. The van der Waals surface area contributed by atoms with Crippen molar-refractivity contribution in [1.82, 2.24) is 0 Å². The zero-order valence-electron chi connectivity index (χ0n) is 12.6. The smallest absolute Gasteiger partial charge is 0.0602 e. The van der Waals surface area contributed by atoms with Gasteiger partial charge in [0.15, 0.2) is 0 Å².